The number of halogens is 1. The van der Waals surface area contributed by atoms with Crippen LogP contribution in [0.1, 0.15) is 16.5 Å². The molecule has 0 aliphatic heterocycles. The van der Waals surface area contributed by atoms with Crippen LogP contribution in [0, 0.1) is 6.92 Å². The third-order valence-corrected chi connectivity index (χ3v) is 2.29. The van der Waals surface area contributed by atoms with E-state index in [2.05, 4.69) is 0 Å². The number of Topliss-reactive ketones (excluding diaryl/α,β-unsaturated/α-hetero) is 1. The van der Waals surface area contributed by atoms with Gasteiger partial charge in [0, 0.05) is 0 Å². The summed E-state index contributed by atoms with van der Waals surface area (Å²) in [6, 6.07) is 7.04. The number of aryl methyl sites for hydroxylation is 1. The lowest BCUT2D eigenvalue weighted by atomic mass is 10.1. The second-order valence-electron chi connectivity index (χ2n) is 3.00. The zero-order valence-corrected chi connectivity index (χ0v) is 8.41. The predicted molar refractivity (Wildman–Crippen MR) is 54.0 cm³/mol. The number of hydrogen-bond acceptors (Lipinski definition) is 2. The summed E-state index contributed by atoms with van der Waals surface area (Å²) < 4.78 is 0. The molecular weight excluding hydrogens is 202 g/mol. The quantitative estimate of drug-likeness (QED) is 0.606. The molecule has 74 valence electrons. The molecule has 0 aliphatic rings. The Labute approximate surface area is 86.9 Å². The maximum absolute atomic E-state index is 11.1. The van der Waals surface area contributed by atoms with Gasteiger partial charge in [-0.25, -0.2) is 0 Å². The predicted octanol–water partition coefficient (Wildman–Crippen LogP) is 1.33. The molecule has 1 aromatic rings. The van der Waals surface area contributed by atoms with Crippen LogP contribution >= 0.6 is 11.6 Å². The van der Waals surface area contributed by atoms with E-state index >= 15 is 0 Å². The Kier molecular flexibility index (Phi) is 3.25. The number of carbonyl (C=O) groups excluding carboxylic acids is 2. The summed E-state index contributed by atoms with van der Waals surface area (Å²) in [6.07, 6.45) is 0. The second-order valence-corrected chi connectivity index (χ2v) is 3.44. The first-order valence-corrected chi connectivity index (χ1v) is 4.50. The van der Waals surface area contributed by atoms with Gasteiger partial charge in [0.25, 0.3) is 5.91 Å². The number of hydrogen-bond donors (Lipinski definition) is 1. The SMILES string of the molecule is Cc1ccc(C(Cl)C(=O)C(N)=O)cc1. The van der Waals surface area contributed by atoms with Crippen molar-refractivity contribution in [2.75, 3.05) is 0 Å². The van der Waals surface area contributed by atoms with Crippen LogP contribution in [0.15, 0.2) is 24.3 Å². The number of primary amides is 1. The summed E-state index contributed by atoms with van der Waals surface area (Å²) in [5, 5.41) is -0.979. The van der Waals surface area contributed by atoms with Gasteiger partial charge in [-0.05, 0) is 12.5 Å². The molecule has 0 saturated heterocycles. The van der Waals surface area contributed by atoms with Gasteiger partial charge in [0.1, 0.15) is 5.38 Å². The Hall–Kier alpha value is -1.35. The molecule has 14 heavy (non-hydrogen) atoms. The summed E-state index contributed by atoms with van der Waals surface area (Å²) in [6.45, 7) is 1.92. The highest BCUT2D eigenvalue weighted by molar-refractivity contribution is 6.48. The number of benzene rings is 1. The van der Waals surface area contributed by atoms with E-state index in [1.54, 1.807) is 12.1 Å². The summed E-state index contributed by atoms with van der Waals surface area (Å²) in [5.41, 5.74) is 6.47. The van der Waals surface area contributed by atoms with Gasteiger partial charge in [0.05, 0.1) is 0 Å². The lowest BCUT2D eigenvalue weighted by Gasteiger charge is -2.06. The summed E-state index contributed by atoms with van der Waals surface area (Å²) in [4.78, 5) is 21.7. The zero-order valence-electron chi connectivity index (χ0n) is 7.66. The molecule has 1 unspecified atom stereocenters. The highest BCUT2D eigenvalue weighted by atomic mass is 35.5. The normalized spacial score (nSPS) is 12.1. The van der Waals surface area contributed by atoms with Crippen LogP contribution < -0.4 is 5.73 Å². The van der Waals surface area contributed by atoms with Crippen LogP contribution in [0.5, 0.6) is 0 Å². The Bertz CT molecular complexity index is 359. The molecule has 0 spiro atoms. The first-order valence-electron chi connectivity index (χ1n) is 4.06. The number of carbonyl (C=O) groups is 2. The third-order valence-electron chi connectivity index (χ3n) is 1.84. The maximum atomic E-state index is 11.1. The molecule has 1 atom stereocenters. The molecule has 0 fully saturated rings. The van der Waals surface area contributed by atoms with E-state index in [-0.39, 0.29) is 0 Å². The van der Waals surface area contributed by atoms with E-state index in [1.807, 2.05) is 19.1 Å². The van der Waals surface area contributed by atoms with Gasteiger partial charge >= 0.3 is 0 Å². The molecule has 1 rings (SSSR count). The topological polar surface area (TPSA) is 60.2 Å². The van der Waals surface area contributed by atoms with Gasteiger partial charge in [-0.3, -0.25) is 9.59 Å². The molecule has 0 bridgehead atoms. The fourth-order valence-corrected chi connectivity index (χ4v) is 1.26. The summed E-state index contributed by atoms with van der Waals surface area (Å²) >= 11 is 5.75. The van der Waals surface area contributed by atoms with E-state index in [0.29, 0.717) is 5.56 Å². The minimum atomic E-state index is -1.01. The molecule has 1 aromatic carbocycles. The number of alkyl halides is 1. The Balaban J connectivity index is 2.89. The molecule has 0 saturated carbocycles. The molecule has 4 heteroatoms. The zero-order chi connectivity index (χ0) is 10.7. The van der Waals surface area contributed by atoms with Crippen LogP contribution in [-0.2, 0) is 9.59 Å². The summed E-state index contributed by atoms with van der Waals surface area (Å²) in [5.74, 6) is -1.79. The van der Waals surface area contributed by atoms with Crippen molar-refractivity contribution in [2.24, 2.45) is 5.73 Å². The largest absolute Gasteiger partial charge is 0.363 e. The average Bonchev–Trinajstić information content (AvgIpc) is 2.16. The number of ketones is 1. The van der Waals surface area contributed by atoms with E-state index < -0.39 is 17.1 Å². The molecule has 0 aromatic heterocycles. The summed E-state index contributed by atoms with van der Waals surface area (Å²) in [7, 11) is 0. The van der Waals surface area contributed by atoms with Gasteiger partial charge < -0.3 is 5.73 Å². The van der Waals surface area contributed by atoms with Gasteiger partial charge in [-0.1, -0.05) is 29.8 Å². The van der Waals surface area contributed by atoms with Crippen molar-refractivity contribution < 1.29 is 9.59 Å². The molecule has 0 aliphatic carbocycles. The second kappa shape index (κ2) is 4.24. The Morgan fingerprint density at radius 3 is 2.21 bits per heavy atom. The van der Waals surface area contributed by atoms with Crippen molar-refractivity contribution in [3.8, 4) is 0 Å². The number of amides is 1. The third kappa shape index (κ3) is 2.33. The Morgan fingerprint density at radius 2 is 1.79 bits per heavy atom. The van der Waals surface area contributed by atoms with Crippen LogP contribution in [0.3, 0.4) is 0 Å². The van der Waals surface area contributed by atoms with Crippen molar-refractivity contribution in [3.05, 3.63) is 35.4 Å². The van der Waals surface area contributed by atoms with Crippen molar-refractivity contribution in [1.82, 2.24) is 0 Å². The first-order chi connectivity index (χ1) is 6.52. The van der Waals surface area contributed by atoms with Gasteiger partial charge in [-0.15, -0.1) is 11.6 Å². The van der Waals surface area contributed by atoms with Crippen molar-refractivity contribution in [2.45, 2.75) is 12.3 Å². The van der Waals surface area contributed by atoms with E-state index in [1.165, 1.54) is 0 Å². The highest BCUT2D eigenvalue weighted by Gasteiger charge is 2.21. The van der Waals surface area contributed by atoms with Crippen LogP contribution in [0.4, 0.5) is 0 Å². The molecule has 0 heterocycles. The van der Waals surface area contributed by atoms with Crippen molar-refractivity contribution in [1.29, 1.82) is 0 Å². The van der Waals surface area contributed by atoms with E-state index in [0.717, 1.165) is 5.56 Å². The monoisotopic (exact) mass is 211 g/mol. The van der Waals surface area contributed by atoms with Crippen molar-refractivity contribution >= 4 is 23.3 Å². The smallest absolute Gasteiger partial charge is 0.286 e. The fourth-order valence-electron chi connectivity index (χ4n) is 1.01. The Morgan fingerprint density at radius 1 is 1.29 bits per heavy atom. The van der Waals surface area contributed by atoms with Crippen LogP contribution in [0.25, 0.3) is 0 Å². The van der Waals surface area contributed by atoms with Gasteiger partial charge in [0.2, 0.25) is 5.78 Å². The standard InChI is InChI=1S/C10H10ClNO2/c1-6-2-4-7(5-3-6)8(11)9(13)10(12)14/h2-5,8H,1H3,(H2,12,14). The molecule has 0 radical (unpaired) electrons. The highest BCUT2D eigenvalue weighted by Crippen LogP contribution is 2.21. The van der Waals surface area contributed by atoms with Gasteiger partial charge in [0.15, 0.2) is 0 Å². The first kappa shape index (κ1) is 10.7. The van der Waals surface area contributed by atoms with Gasteiger partial charge in [-0.2, -0.15) is 0 Å². The maximum Gasteiger partial charge on any atom is 0.286 e. The molecule has 2 N–H and O–H groups in total. The minimum absolute atomic E-state index is 0.584. The van der Waals surface area contributed by atoms with Crippen molar-refractivity contribution in [3.63, 3.8) is 0 Å². The van der Waals surface area contributed by atoms with E-state index in [4.69, 9.17) is 17.3 Å². The van der Waals surface area contributed by atoms with Crippen LogP contribution in [0.2, 0.25) is 0 Å². The minimum Gasteiger partial charge on any atom is -0.363 e. The molecular formula is C10H10ClNO2. The average molecular weight is 212 g/mol. The molecule has 3 nitrogen and oxygen atoms in total. The number of nitrogens with two attached hydrogens (primary N) is 1. The lowest BCUT2D eigenvalue weighted by molar-refractivity contribution is -0.135. The fraction of sp³-hybridized carbons (Fsp3) is 0.200. The van der Waals surface area contributed by atoms with E-state index in [9.17, 15) is 9.59 Å². The van der Waals surface area contributed by atoms with Crippen LogP contribution in [-0.4, -0.2) is 11.7 Å². The number of rotatable bonds is 3. The lowest BCUT2D eigenvalue weighted by Crippen LogP contribution is -2.26. The molecule has 1 amide bonds.